The fourth-order valence-electron chi connectivity index (χ4n) is 2.81. The predicted molar refractivity (Wildman–Crippen MR) is 109 cm³/mol. The van der Waals surface area contributed by atoms with Crippen LogP contribution in [0.3, 0.4) is 0 Å². The summed E-state index contributed by atoms with van der Waals surface area (Å²) in [6.07, 6.45) is 0.830. The Labute approximate surface area is 158 Å². The Morgan fingerprint density at radius 3 is 2.42 bits per heavy atom. The van der Waals surface area contributed by atoms with Crippen molar-refractivity contribution < 1.29 is 4.79 Å². The molecule has 134 valence electrons. The summed E-state index contributed by atoms with van der Waals surface area (Å²) in [5.74, 6) is 0.00742. The average Bonchev–Trinajstić information content (AvgIpc) is 3.07. The van der Waals surface area contributed by atoms with Crippen molar-refractivity contribution in [1.29, 1.82) is 0 Å². The van der Waals surface area contributed by atoms with Gasteiger partial charge in [-0.3, -0.25) is 4.79 Å². The van der Waals surface area contributed by atoms with Crippen molar-refractivity contribution in [2.24, 2.45) is 0 Å². The first kappa shape index (κ1) is 18.1. The zero-order valence-electron chi connectivity index (χ0n) is 15.3. The van der Waals surface area contributed by atoms with Crippen molar-refractivity contribution in [2.75, 3.05) is 11.9 Å². The van der Waals surface area contributed by atoms with Gasteiger partial charge in [0, 0.05) is 30.1 Å². The summed E-state index contributed by atoms with van der Waals surface area (Å²) >= 11 is 1.61. The van der Waals surface area contributed by atoms with Crippen LogP contribution in [0.15, 0.2) is 47.8 Å². The summed E-state index contributed by atoms with van der Waals surface area (Å²) in [5.41, 5.74) is 6.82. The maximum Gasteiger partial charge on any atom is 0.216 e. The summed E-state index contributed by atoms with van der Waals surface area (Å²) in [5, 5.41) is 9.23. The van der Waals surface area contributed by atoms with Crippen LogP contribution < -0.4 is 10.6 Å². The van der Waals surface area contributed by atoms with Crippen LogP contribution >= 0.6 is 11.3 Å². The zero-order valence-corrected chi connectivity index (χ0v) is 16.1. The Kier molecular flexibility index (Phi) is 5.68. The Bertz CT molecular complexity index is 880. The van der Waals surface area contributed by atoms with Gasteiger partial charge >= 0.3 is 0 Å². The molecule has 0 atom stereocenters. The Hall–Kier alpha value is -2.66. The molecule has 0 fully saturated rings. The number of para-hydroxylation sites is 1. The summed E-state index contributed by atoms with van der Waals surface area (Å²) < 4.78 is 0. The number of amides is 1. The number of carbonyl (C=O) groups is 1. The topological polar surface area (TPSA) is 54.0 Å². The lowest BCUT2D eigenvalue weighted by atomic mass is 10.1. The number of hydrogen-bond donors (Lipinski definition) is 2. The molecule has 2 aromatic carbocycles. The molecule has 0 radical (unpaired) electrons. The highest BCUT2D eigenvalue weighted by Gasteiger charge is 2.08. The lowest BCUT2D eigenvalue weighted by Gasteiger charge is -2.09. The molecular formula is C21H23N3OS. The third-order valence-electron chi connectivity index (χ3n) is 4.25. The molecule has 1 aromatic heterocycles. The number of nitrogens with zero attached hydrogens (tertiary/aromatic N) is 1. The van der Waals surface area contributed by atoms with Gasteiger partial charge in [0.25, 0.3) is 0 Å². The number of rotatable bonds is 6. The first-order chi connectivity index (χ1) is 12.5. The van der Waals surface area contributed by atoms with Gasteiger partial charge in [0.15, 0.2) is 5.13 Å². The number of carbonyl (C=O) groups excluding carboxylic acids is 1. The molecule has 26 heavy (non-hydrogen) atoms. The quantitative estimate of drug-likeness (QED) is 0.656. The van der Waals surface area contributed by atoms with E-state index in [1.807, 2.05) is 0 Å². The SMILES string of the molecule is CC(=O)NCCc1ccc(-c2csc(Nc3c(C)cccc3C)n2)cc1. The van der Waals surface area contributed by atoms with Crippen LogP contribution in [0.1, 0.15) is 23.6 Å². The molecule has 0 saturated heterocycles. The number of aromatic nitrogens is 1. The Morgan fingerprint density at radius 1 is 1.08 bits per heavy atom. The second-order valence-corrected chi connectivity index (χ2v) is 7.22. The maximum absolute atomic E-state index is 10.9. The second-order valence-electron chi connectivity index (χ2n) is 6.36. The van der Waals surface area contributed by atoms with Crippen LogP contribution in [-0.4, -0.2) is 17.4 Å². The fraction of sp³-hybridized carbons (Fsp3) is 0.238. The maximum atomic E-state index is 10.9. The first-order valence-electron chi connectivity index (χ1n) is 8.65. The highest BCUT2D eigenvalue weighted by molar-refractivity contribution is 7.14. The van der Waals surface area contributed by atoms with Crippen molar-refractivity contribution in [3.05, 3.63) is 64.5 Å². The fourth-order valence-corrected chi connectivity index (χ4v) is 3.53. The molecule has 1 amide bonds. The van der Waals surface area contributed by atoms with Crippen LogP contribution in [0.25, 0.3) is 11.3 Å². The molecule has 0 aliphatic rings. The molecule has 0 unspecified atom stereocenters. The standard InChI is InChI=1S/C21H23N3OS/c1-14-5-4-6-15(2)20(14)24-21-23-19(13-26-21)18-9-7-17(8-10-18)11-12-22-16(3)25/h4-10,13H,11-12H2,1-3H3,(H,22,25)(H,23,24). The molecule has 4 nitrogen and oxygen atoms in total. The first-order valence-corrected chi connectivity index (χ1v) is 9.53. The highest BCUT2D eigenvalue weighted by atomic mass is 32.1. The number of anilines is 2. The minimum atomic E-state index is 0.00742. The van der Waals surface area contributed by atoms with Crippen LogP contribution in [-0.2, 0) is 11.2 Å². The van der Waals surface area contributed by atoms with Crippen molar-refractivity contribution >= 4 is 28.1 Å². The van der Waals surface area contributed by atoms with E-state index in [0.29, 0.717) is 6.54 Å². The monoisotopic (exact) mass is 365 g/mol. The van der Waals surface area contributed by atoms with Crippen molar-refractivity contribution in [3.8, 4) is 11.3 Å². The minimum Gasteiger partial charge on any atom is -0.356 e. The van der Waals surface area contributed by atoms with Crippen molar-refractivity contribution in [3.63, 3.8) is 0 Å². The number of thiazole rings is 1. The van der Waals surface area contributed by atoms with Crippen LogP contribution in [0.4, 0.5) is 10.8 Å². The van der Waals surface area contributed by atoms with Crippen molar-refractivity contribution in [2.45, 2.75) is 27.2 Å². The Balaban J connectivity index is 1.68. The van der Waals surface area contributed by atoms with Gasteiger partial charge in [-0.2, -0.15) is 0 Å². The molecular weight excluding hydrogens is 342 g/mol. The van der Waals surface area contributed by atoms with Gasteiger partial charge in [-0.25, -0.2) is 4.98 Å². The molecule has 0 spiro atoms. The third-order valence-corrected chi connectivity index (χ3v) is 5.01. The number of hydrogen-bond acceptors (Lipinski definition) is 4. The molecule has 3 rings (SSSR count). The summed E-state index contributed by atoms with van der Waals surface area (Å²) in [6, 6.07) is 14.6. The number of aryl methyl sites for hydroxylation is 2. The minimum absolute atomic E-state index is 0.00742. The van der Waals surface area contributed by atoms with Crippen LogP contribution in [0.2, 0.25) is 0 Å². The zero-order chi connectivity index (χ0) is 18.5. The van der Waals surface area contributed by atoms with Gasteiger partial charge < -0.3 is 10.6 Å². The van der Waals surface area contributed by atoms with E-state index in [0.717, 1.165) is 28.5 Å². The summed E-state index contributed by atoms with van der Waals surface area (Å²) in [6.45, 7) is 6.40. The summed E-state index contributed by atoms with van der Waals surface area (Å²) in [7, 11) is 0. The molecule has 2 N–H and O–H groups in total. The molecule has 0 bridgehead atoms. The van der Waals surface area contributed by atoms with Gasteiger partial charge in [0.1, 0.15) is 0 Å². The Morgan fingerprint density at radius 2 is 1.77 bits per heavy atom. The molecule has 3 aromatic rings. The lowest BCUT2D eigenvalue weighted by Crippen LogP contribution is -2.22. The van der Waals surface area contributed by atoms with Gasteiger partial charge in [0.05, 0.1) is 5.69 Å². The van der Waals surface area contributed by atoms with Crippen molar-refractivity contribution in [1.82, 2.24) is 10.3 Å². The third kappa shape index (κ3) is 4.49. The van der Waals surface area contributed by atoms with Crippen LogP contribution in [0, 0.1) is 13.8 Å². The van der Waals surface area contributed by atoms with Gasteiger partial charge in [0.2, 0.25) is 5.91 Å². The van der Waals surface area contributed by atoms with E-state index in [9.17, 15) is 4.79 Å². The van der Waals surface area contributed by atoms with E-state index in [1.54, 1.807) is 11.3 Å². The molecule has 0 aliphatic carbocycles. The van der Waals surface area contributed by atoms with Gasteiger partial charge in [-0.05, 0) is 37.0 Å². The molecule has 5 heteroatoms. The number of nitrogens with one attached hydrogen (secondary N) is 2. The van der Waals surface area contributed by atoms with E-state index >= 15 is 0 Å². The second kappa shape index (κ2) is 8.15. The lowest BCUT2D eigenvalue weighted by molar-refractivity contribution is -0.118. The van der Waals surface area contributed by atoms with E-state index < -0.39 is 0 Å². The van der Waals surface area contributed by atoms with Gasteiger partial charge in [-0.1, -0.05) is 42.5 Å². The smallest absolute Gasteiger partial charge is 0.216 e. The largest absolute Gasteiger partial charge is 0.356 e. The van der Waals surface area contributed by atoms with E-state index in [1.165, 1.54) is 23.6 Å². The molecule has 0 saturated carbocycles. The van der Waals surface area contributed by atoms with Crippen LogP contribution in [0.5, 0.6) is 0 Å². The average molecular weight is 366 g/mol. The number of benzene rings is 2. The normalized spacial score (nSPS) is 10.6. The van der Waals surface area contributed by atoms with E-state index in [2.05, 4.69) is 72.3 Å². The molecule has 0 aliphatic heterocycles. The van der Waals surface area contributed by atoms with E-state index in [4.69, 9.17) is 4.98 Å². The molecule has 1 heterocycles. The predicted octanol–water partition coefficient (Wildman–Crippen LogP) is 4.85. The van der Waals surface area contributed by atoms with E-state index in [-0.39, 0.29) is 5.91 Å². The highest BCUT2D eigenvalue weighted by Crippen LogP contribution is 2.30. The summed E-state index contributed by atoms with van der Waals surface area (Å²) in [4.78, 5) is 15.6. The van der Waals surface area contributed by atoms with Gasteiger partial charge in [-0.15, -0.1) is 11.3 Å².